The normalized spacial score (nSPS) is 12.2. The van der Waals surface area contributed by atoms with Gasteiger partial charge in [-0.3, -0.25) is 4.57 Å². The van der Waals surface area contributed by atoms with E-state index in [2.05, 4.69) is 47.1 Å². The summed E-state index contributed by atoms with van der Waals surface area (Å²) in [6.07, 6.45) is 0.921. The molecule has 0 radical (unpaired) electrons. The number of nitrogens with two attached hydrogens (primary N) is 1. The predicted octanol–water partition coefficient (Wildman–Crippen LogP) is 5.99. The van der Waals surface area contributed by atoms with E-state index in [9.17, 15) is 0 Å². The van der Waals surface area contributed by atoms with E-state index in [1.807, 2.05) is 55.5 Å². The van der Waals surface area contributed by atoms with Crippen LogP contribution in [-0.4, -0.2) is 21.1 Å². The van der Waals surface area contributed by atoms with Crippen molar-refractivity contribution in [1.82, 2.24) is 14.5 Å². The van der Waals surface area contributed by atoms with E-state index in [4.69, 9.17) is 20.4 Å². The standard InChI is InChI=1S/C28H29N5O/c1-3-16-34-25-15-9-13-22-26(25)31-28(32-27(22)30-18-20-10-5-4-6-11-20)33-23-14-8-7-12-21(23)17-24(33)19(2)29/h4-15,17,19H,3,16,18,29H2,1-2H3,(H,30,31,32). The van der Waals surface area contributed by atoms with E-state index >= 15 is 0 Å². The number of ether oxygens (including phenoxy) is 1. The monoisotopic (exact) mass is 451 g/mol. The summed E-state index contributed by atoms with van der Waals surface area (Å²) in [5.74, 6) is 2.09. The first-order valence-electron chi connectivity index (χ1n) is 11.7. The van der Waals surface area contributed by atoms with Gasteiger partial charge in [-0.1, -0.05) is 61.5 Å². The molecule has 5 rings (SSSR count). The highest BCUT2D eigenvalue weighted by molar-refractivity contribution is 5.94. The molecule has 0 saturated heterocycles. The van der Waals surface area contributed by atoms with Crippen LogP contribution in [0.5, 0.6) is 5.75 Å². The second kappa shape index (κ2) is 9.53. The number of nitrogens with zero attached hydrogens (tertiary/aromatic N) is 3. The fourth-order valence-electron chi connectivity index (χ4n) is 4.19. The van der Waals surface area contributed by atoms with Crippen LogP contribution in [0.3, 0.4) is 0 Å². The maximum Gasteiger partial charge on any atom is 0.237 e. The van der Waals surface area contributed by atoms with E-state index in [0.717, 1.165) is 45.5 Å². The zero-order chi connectivity index (χ0) is 23.5. The minimum Gasteiger partial charge on any atom is -0.491 e. The summed E-state index contributed by atoms with van der Waals surface area (Å²) < 4.78 is 8.13. The first-order valence-corrected chi connectivity index (χ1v) is 11.7. The highest BCUT2D eigenvalue weighted by atomic mass is 16.5. The van der Waals surface area contributed by atoms with Gasteiger partial charge in [0.1, 0.15) is 17.1 Å². The Balaban J connectivity index is 1.71. The number of benzene rings is 3. The summed E-state index contributed by atoms with van der Waals surface area (Å²) in [7, 11) is 0. The third kappa shape index (κ3) is 4.20. The van der Waals surface area contributed by atoms with Crippen molar-refractivity contribution >= 4 is 27.6 Å². The van der Waals surface area contributed by atoms with Gasteiger partial charge >= 0.3 is 0 Å². The summed E-state index contributed by atoms with van der Waals surface area (Å²) >= 11 is 0. The molecule has 172 valence electrons. The molecule has 0 amide bonds. The number of aromatic nitrogens is 3. The molecule has 3 N–H and O–H groups in total. The fourth-order valence-corrected chi connectivity index (χ4v) is 4.19. The zero-order valence-electron chi connectivity index (χ0n) is 19.5. The van der Waals surface area contributed by atoms with Gasteiger partial charge in [0.05, 0.1) is 12.1 Å². The molecule has 1 unspecified atom stereocenters. The smallest absolute Gasteiger partial charge is 0.237 e. The lowest BCUT2D eigenvalue weighted by molar-refractivity contribution is 0.320. The Morgan fingerprint density at radius 2 is 1.76 bits per heavy atom. The van der Waals surface area contributed by atoms with Gasteiger partial charge < -0.3 is 15.8 Å². The number of hydrogen-bond donors (Lipinski definition) is 2. The molecular formula is C28H29N5O. The summed E-state index contributed by atoms with van der Waals surface area (Å²) in [6, 6.07) is 26.4. The van der Waals surface area contributed by atoms with Crippen molar-refractivity contribution in [3.05, 3.63) is 90.1 Å². The molecule has 0 aliphatic rings. The topological polar surface area (TPSA) is 78.0 Å². The number of anilines is 1. The van der Waals surface area contributed by atoms with Gasteiger partial charge in [-0.2, -0.15) is 4.98 Å². The second-order valence-electron chi connectivity index (χ2n) is 8.46. The van der Waals surface area contributed by atoms with Crippen molar-refractivity contribution in [2.24, 2.45) is 5.73 Å². The van der Waals surface area contributed by atoms with Crippen LogP contribution in [0, 0.1) is 0 Å². The first-order chi connectivity index (χ1) is 16.7. The summed E-state index contributed by atoms with van der Waals surface area (Å²) in [4.78, 5) is 10.0. The van der Waals surface area contributed by atoms with Crippen LogP contribution in [0.4, 0.5) is 5.82 Å². The molecule has 0 spiro atoms. The van der Waals surface area contributed by atoms with Crippen molar-refractivity contribution in [1.29, 1.82) is 0 Å². The Morgan fingerprint density at radius 1 is 0.971 bits per heavy atom. The predicted molar refractivity (Wildman–Crippen MR) is 139 cm³/mol. The molecule has 1 atom stereocenters. The number of para-hydroxylation sites is 2. The largest absolute Gasteiger partial charge is 0.491 e. The van der Waals surface area contributed by atoms with Crippen molar-refractivity contribution in [2.45, 2.75) is 32.9 Å². The highest BCUT2D eigenvalue weighted by Gasteiger charge is 2.19. The molecule has 0 bridgehead atoms. The van der Waals surface area contributed by atoms with E-state index in [1.54, 1.807) is 0 Å². The average Bonchev–Trinajstić information content (AvgIpc) is 3.26. The van der Waals surface area contributed by atoms with Crippen LogP contribution in [-0.2, 0) is 6.54 Å². The third-order valence-corrected chi connectivity index (χ3v) is 5.85. The van der Waals surface area contributed by atoms with Gasteiger partial charge in [-0.15, -0.1) is 0 Å². The maximum atomic E-state index is 6.38. The molecular weight excluding hydrogens is 422 g/mol. The molecule has 2 aromatic heterocycles. The molecule has 0 fully saturated rings. The van der Waals surface area contributed by atoms with Crippen molar-refractivity contribution in [2.75, 3.05) is 11.9 Å². The minimum absolute atomic E-state index is 0.181. The molecule has 2 heterocycles. The molecule has 3 aromatic carbocycles. The number of fused-ring (bicyclic) bond motifs is 2. The van der Waals surface area contributed by atoms with Gasteiger partial charge in [0.15, 0.2) is 0 Å². The fraction of sp³-hybridized carbons (Fsp3) is 0.214. The maximum absolute atomic E-state index is 6.38. The van der Waals surface area contributed by atoms with E-state index < -0.39 is 0 Å². The van der Waals surface area contributed by atoms with Gasteiger partial charge in [0, 0.05) is 29.1 Å². The van der Waals surface area contributed by atoms with E-state index in [1.165, 1.54) is 5.56 Å². The van der Waals surface area contributed by atoms with E-state index in [0.29, 0.717) is 19.1 Å². The van der Waals surface area contributed by atoms with Crippen LogP contribution < -0.4 is 15.8 Å². The highest BCUT2D eigenvalue weighted by Crippen LogP contribution is 2.32. The SMILES string of the molecule is CCCOc1cccc2c(NCc3ccccc3)nc(-n3c(C(C)N)cc4ccccc43)nc12. The van der Waals surface area contributed by atoms with Gasteiger partial charge in [-0.05, 0) is 43.2 Å². The molecule has 34 heavy (non-hydrogen) atoms. The van der Waals surface area contributed by atoms with Crippen LogP contribution in [0.15, 0.2) is 78.9 Å². The molecule has 0 aliphatic carbocycles. The lowest BCUT2D eigenvalue weighted by atomic mass is 10.2. The number of rotatable bonds is 8. The quantitative estimate of drug-likeness (QED) is 0.303. The van der Waals surface area contributed by atoms with Crippen LogP contribution >= 0.6 is 0 Å². The van der Waals surface area contributed by atoms with Crippen molar-refractivity contribution in [3.63, 3.8) is 0 Å². The van der Waals surface area contributed by atoms with Gasteiger partial charge in [0.2, 0.25) is 5.95 Å². The second-order valence-corrected chi connectivity index (χ2v) is 8.46. The molecule has 5 aromatic rings. The zero-order valence-corrected chi connectivity index (χ0v) is 19.5. The van der Waals surface area contributed by atoms with Crippen LogP contribution in [0.2, 0.25) is 0 Å². The van der Waals surface area contributed by atoms with Crippen molar-refractivity contribution < 1.29 is 4.74 Å². The Kier molecular flexibility index (Phi) is 6.14. The molecule has 0 aliphatic heterocycles. The first kappa shape index (κ1) is 21.9. The summed E-state index contributed by atoms with van der Waals surface area (Å²) in [5.41, 5.74) is 10.3. The van der Waals surface area contributed by atoms with Gasteiger partial charge in [-0.25, -0.2) is 4.98 Å². The van der Waals surface area contributed by atoms with Gasteiger partial charge in [0.25, 0.3) is 0 Å². The average molecular weight is 452 g/mol. The lowest BCUT2D eigenvalue weighted by Crippen LogP contribution is -2.14. The Morgan fingerprint density at radius 3 is 2.56 bits per heavy atom. The minimum atomic E-state index is -0.181. The Bertz CT molecular complexity index is 1430. The number of hydrogen-bond acceptors (Lipinski definition) is 5. The number of nitrogens with one attached hydrogen (secondary N) is 1. The molecule has 0 saturated carbocycles. The Hall–Kier alpha value is -3.90. The lowest BCUT2D eigenvalue weighted by Gasteiger charge is -2.17. The summed E-state index contributed by atoms with van der Waals surface area (Å²) in [6.45, 7) is 5.36. The third-order valence-electron chi connectivity index (χ3n) is 5.85. The molecule has 6 nitrogen and oxygen atoms in total. The summed E-state index contributed by atoms with van der Waals surface area (Å²) in [5, 5.41) is 5.56. The van der Waals surface area contributed by atoms with Crippen LogP contribution in [0.1, 0.15) is 37.6 Å². The molecule has 6 heteroatoms. The van der Waals surface area contributed by atoms with Crippen molar-refractivity contribution in [3.8, 4) is 11.7 Å². The van der Waals surface area contributed by atoms with E-state index in [-0.39, 0.29) is 6.04 Å². The van der Waals surface area contributed by atoms with Crippen LogP contribution in [0.25, 0.3) is 27.8 Å². The Labute approximate surface area is 199 Å².